The largest absolute Gasteiger partial charge is 0.462 e. The molecule has 0 aliphatic rings. The van der Waals surface area contributed by atoms with Gasteiger partial charge in [0.15, 0.2) is 6.10 Å². The topological polar surface area (TPSA) is 72.8 Å². The molecule has 0 aromatic heterocycles. The summed E-state index contributed by atoms with van der Waals surface area (Å²) in [6.45, 7) is 3.86. The maximum Gasteiger partial charge on any atom is 0.306 e. The van der Waals surface area contributed by atoms with E-state index in [0.29, 0.717) is 12.8 Å². The summed E-state index contributed by atoms with van der Waals surface area (Å²) in [4.78, 5) is 24.4. The van der Waals surface area contributed by atoms with Crippen molar-refractivity contribution < 1.29 is 24.2 Å². The van der Waals surface area contributed by atoms with Crippen LogP contribution in [0.2, 0.25) is 0 Å². The highest BCUT2D eigenvalue weighted by molar-refractivity contribution is 5.70. The van der Waals surface area contributed by atoms with Crippen molar-refractivity contribution in [1.29, 1.82) is 0 Å². The molecule has 1 N–H and O–H groups in total. The Balaban J connectivity index is 3.66. The van der Waals surface area contributed by atoms with Crippen LogP contribution < -0.4 is 0 Å². The Morgan fingerprint density at radius 1 is 0.383 bits per heavy atom. The van der Waals surface area contributed by atoms with Crippen LogP contribution in [0.15, 0.2) is 134 Å². The molecule has 0 aliphatic carbocycles. The van der Waals surface area contributed by atoms with Gasteiger partial charge in [-0.2, -0.15) is 0 Å². The Hall–Kier alpha value is -3.96. The van der Waals surface area contributed by atoms with Crippen molar-refractivity contribution in [3.05, 3.63) is 134 Å². The zero-order valence-corrected chi connectivity index (χ0v) is 38.2. The van der Waals surface area contributed by atoms with E-state index in [9.17, 15) is 14.7 Å². The molecule has 0 rings (SSSR count). The molecule has 60 heavy (non-hydrogen) atoms. The molecule has 1 atom stereocenters. The summed E-state index contributed by atoms with van der Waals surface area (Å²) in [5.41, 5.74) is 0. The van der Waals surface area contributed by atoms with Crippen molar-refractivity contribution in [3.8, 4) is 0 Å². The molecule has 1 unspecified atom stereocenters. The standard InChI is InChI=1S/C55H86O5/c1-3-5-7-9-11-13-15-17-19-21-22-23-24-25-26-27-28-29-30-31-32-34-36-38-40-42-44-46-48-50-55(58)60-53(51-56)52-59-54(57)49-47-45-43-41-39-37-35-33-20-18-16-14-12-10-8-6-4-2/h5-8,11-14,17-20,22-23,25-26,28-29,31-32,35,37,53,56H,3-4,9-10,15-16,21,24,27,30,33-34,36,38-52H2,1-2H3/b7-5-,8-6-,13-11-,14-12-,19-17-,20-18-,23-22-,26-25-,29-28-,32-31-,37-35-. The zero-order valence-electron chi connectivity index (χ0n) is 38.2. The van der Waals surface area contributed by atoms with E-state index in [1.807, 2.05) is 0 Å². The van der Waals surface area contributed by atoms with Gasteiger partial charge >= 0.3 is 11.9 Å². The molecule has 0 saturated carbocycles. The number of hydrogen-bond donors (Lipinski definition) is 1. The van der Waals surface area contributed by atoms with E-state index in [-0.39, 0.29) is 25.2 Å². The molecule has 0 bridgehead atoms. The molecule has 5 heteroatoms. The second-order valence-electron chi connectivity index (χ2n) is 15.1. The van der Waals surface area contributed by atoms with Crippen molar-refractivity contribution in [2.75, 3.05) is 13.2 Å². The number of aliphatic hydroxyl groups excluding tert-OH is 1. The molecule has 0 radical (unpaired) electrons. The first-order chi connectivity index (χ1) is 29.6. The van der Waals surface area contributed by atoms with Gasteiger partial charge in [-0.3, -0.25) is 9.59 Å². The summed E-state index contributed by atoms with van der Waals surface area (Å²) in [5.74, 6) is -0.644. The number of carbonyl (C=O) groups excluding carboxylic acids is 2. The normalized spacial score (nSPS) is 13.4. The number of allylic oxidation sites excluding steroid dienone is 22. The first-order valence-corrected chi connectivity index (χ1v) is 23.7. The van der Waals surface area contributed by atoms with Crippen molar-refractivity contribution in [2.45, 2.75) is 187 Å². The minimum absolute atomic E-state index is 0.0927. The zero-order chi connectivity index (χ0) is 43.5. The van der Waals surface area contributed by atoms with Gasteiger partial charge in [0.05, 0.1) is 6.61 Å². The fourth-order valence-electron chi connectivity index (χ4n) is 5.94. The van der Waals surface area contributed by atoms with E-state index >= 15 is 0 Å². The second-order valence-corrected chi connectivity index (χ2v) is 15.1. The Morgan fingerprint density at radius 2 is 0.667 bits per heavy atom. The minimum Gasteiger partial charge on any atom is -0.462 e. The lowest BCUT2D eigenvalue weighted by molar-refractivity contribution is -0.161. The smallest absolute Gasteiger partial charge is 0.306 e. The maximum absolute atomic E-state index is 12.2. The number of esters is 2. The van der Waals surface area contributed by atoms with Gasteiger partial charge in [-0.05, 0) is 109 Å². The highest BCUT2D eigenvalue weighted by atomic mass is 16.6. The van der Waals surface area contributed by atoms with Crippen molar-refractivity contribution in [1.82, 2.24) is 0 Å². The monoisotopic (exact) mass is 827 g/mol. The van der Waals surface area contributed by atoms with E-state index in [2.05, 4.69) is 148 Å². The molecule has 5 nitrogen and oxygen atoms in total. The predicted molar refractivity (Wildman–Crippen MR) is 260 cm³/mol. The van der Waals surface area contributed by atoms with Gasteiger partial charge in [-0.15, -0.1) is 0 Å². The molecule has 336 valence electrons. The highest BCUT2D eigenvalue weighted by Gasteiger charge is 2.16. The third-order valence-electron chi connectivity index (χ3n) is 9.44. The molecular weight excluding hydrogens is 741 g/mol. The van der Waals surface area contributed by atoms with Gasteiger partial charge in [0, 0.05) is 12.8 Å². The van der Waals surface area contributed by atoms with Crippen LogP contribution >= 0.6 is 0 Å². The van der Waals surface area contributed by atoms with Crippen LogP contribution in [0.25, 0.3) is 0 Å². The molecule has 0 heterocycles. The van der Waals surface area contributed by atoms with Gasteiger partial charge < -0.3 is 14.6 Å². The fraction of sp³-hybridized carbons (Fsp3) is 0.564. The summed E-state index contributed by atoms with van der Waals surface area (Å²) in [6, 6.07) is 0. The van der Waals surface area contributed by atoms with Gasteiger partial charge in [0.1, 0.15) is 6.61 Å². The van der Waals surface area contributed by atoms with Crippen molar-refractivity contribution >= 4 is 11.9 Å². The van der Waals surface area contributed by atoms with E-state index in [0.717, 1.165) is 128 Å². The van der Waals surface area contributed by atoms with E-state index < -0.39 is 6.10 Å². The summed E-state index contributed by atoms with van der Waals surface area (Å²) in [6.07, 6.45) is 73.8. The second kappa shape index (κ2) is 49.4. The third kappa shape index (κ3) is 46.7. The molecular formula is C55H86O5. The molecule has 0 fully saturated rings. The van der Waals surface area contributed by atoms with Crippen LogP contribution in [0.4, 0.5) is 0 Å². The molecule has 0 aromatic carbocycles. The number of hydrogen-bond acceptors (Lipinski definition) is 5. The van der Waals surface area contributed by atoms with Crippen LogP contribution in [0, 0.1) is 0 Å². The molecule has 0 spiro atoms. The quantitative estimate of drug-likeness (QED) is 0.0378. The molecule has 0 aliphatic heterocycles. The first-order valence-electron chi connectivity index (χ1n) is 23.7. The summed E-state index contributed by atoms with van der Waals surface area (Å²) < 4.78 is 10.6. The summed E-state index contributed by atoms with van der Waals surface area (Å²) >= 11 is 0. The molecule has 0 saturated heterocycles. The molecule has 0 amide bonds. The van der Waals surface area contributed by atoms with Crippen LogP contribution in [-0.4, -0.2) is 36.4 Å². The number of unbranched alkanes of at least 4 members (excludes halogenated alkanes) is 11. The number of ether oxygens (including phenoxy) is 2. The lowest BCUT2D eigenvalue weighted by Gasteiger charge is -2.15. The van der Waals surface area contributed by atoms with Gasteiger partial charge in [-0.1, -0.05) is 192 Å². The van der Waals surface area contributed by atoms with Gasteiger partial charge in [0.2, 0.25) is 0 Å². The maximum atomic E-state index is 12.2. The van der Waals surface area contributed by atoms with E-state index in [1.54, 1.807) is 0 Å². The van der Waals surface area contributed by atoms with Crippen LogP contribution in [0.1, 0.15) is 181 Å². The lowest BCUT2D eigenvalue weighted by atomic mass is 10.1. The minimum atomic E-state index is -0.799. The third-order valence-corrected chi connectivity index (χ3v) is 9.44. The number of carbonyl (C=O) groups is 2. The number of aliphatic hydroxyl groups is 1. The first kappa shape index (κ1) is 56.0. The van der Waals surface area contributed by atoms with Crippen LogP contribution in [0.5, 0.6) is 0 Å². The Morgan fingerprint density at radius 3 is 1.00 bits per heavy atom. The van der Waals surface area contributed by atoms with Crippen LogP contribution in [0.3, 0.4) is 0 Å². The van der Waals surface area contributed by atoms with Gasteiger partial charge in [-0.25, -0.2) is 0 Å². The van der Waals surface area contributed by atoms with Crippen LogP contribution in [-0.2, 0) is 19.1 Å². The van der Waals surface area contributed by atoms with Crippen molar-refractivity contribution in [3.63, 3.8) is 0 Å². The SMILES string of the molecule is CC/C=C\C/C=C\C/C=C\C/C=C\C/C=C\C/C=C\C/C=C\CCCCCCCCCC(=O)OC(CO)COC(=O)CCCCCC/C=C\C/C=C\C/C=C\C/C=C\CC. The molecule has 0 aromatic rings. The Bertz CT molecular complexity index is 1300. The lowest BCUT2D eigenvalue weighted by Crippen LogP contribution is -2.28. The highest BCUT2D eigenvalue weighted by Crippen LogP contribution is 2.12. The van der Waals surface area contributed by atoms with Crippen molar-refractivity contribution in [2.24, 2.45) is 0 Å². The van der Waals surface area contributed by atoms with Gasteiger partial charge in [0.25, 0.3) is 0 Å². The average molecular weight is 827 g/mol. The fourth-order valence-corrected chi connectivity index (χ4v) is 5.94. The Kier molecular flexibility index (Phi) is 46.1. The Labute approximate surface area is 368 Å². The van der Waals surface area contributed by atoms with E-state index in [1.165, 1.54) is 25.7 Å². The predicted octanol–water partition coefficient (Wildman–Crippen LogP) is 15.7. The van der Waals surface area contributed by atoms with E-state index in [4.69, 9.17) is 9.47 Å². The summed E-state index contributed by atoms with van der Waals surface area (Å²) in [7, 11) is 0. The number of rotatable bonds is 41. The summed E-state index contributed by atoms with van der Waals surface area (Å²) in [5, 5.41) is 9.60. The average Bonchev–Trinajstić information content (AvgIpc) is 3.25.